The Morgan fingerprint density at radius 1 is 1.12 bits per heavy atom. The van der Waals surface area contributed by atoms with Crippen molar-refractivity contribution in [2.45, 2.75) is 74.7 Å². The first kappa shape index (κ1) is 31.9. The number of anilines is 1. The third-order valence-electron chi connectivity index (χ3n) is 4.54. The molecule has 0 saturated heterocycles. The third-order valence-corrected chi connectivity index (χ3v) is 4.54. The largest absolute Gasteiger partial charge is 0.495 e. The summed E-state index contributed by atoms with van der Waals surface area (Å²) in [7, 11) is 1.65. The van der Waals surface area contributed by atoms with Gasteiger partial charge in [0.1, 0.15) is 5.75 Å². The second-order valence-electron chi connectivity index (χ2n) is 7.13. The van der Waals surface area contributed by atoms with Crippen molar-refractivity contribution in [1.29, 1.82) is 0 Å². The molecule has 0 bridgehead atoms. The summed E-state index contributed by atoms with van der Waals surface area (Å²) < 4.78 is 5.52. The summed E-state index contributed by atoms with van der Waals surface area (Å²) in [5, 5.41) is 11.7. The Bertz CT molecular complexity index is 677. The normalized spacial score (nSPS) is 10.1. The molecular formula is C27H48N2O3. The lowest BCUT2D eigenvalue weighted by molar-refractivity contribution is 0.0951. The Labute approximate surface area is 197 Å². The minimum absolute atomic E-state index is 0.0665. The van der Waals surface area contributed by atoms with Crippen molar-refractivity contribution in [3.63, 3.8) is 0 Å². The number of carbonyl (C=O) groups is 1. The van der Waals surface area contributed by atoms with Gasteiger partial charge in [-0.25, -0.2) is 0 Å². The van der Waals surface area contributed by atoms with Gasteiger partial charge >= 0.3 is 0 Å². The molecule has 1 aromatic rings. The van der Waals surface area contributed by atoms with Crippen molar-refractivity contribution >= 4 is 11.6 Å². The van der Waals surface area contributed by atoms with Gasteiger partial charge in [-0.2, -0.15) is 0 Å². The number of amides is 1. The first-order chi connectivity index (χ1) is 15.4. The van der Waals surface area contributed by atoms with Gasteiger partial charge in [-0.05, 0) is 65.2 Å². The van der Waals surface area contributed by atoms with Crippen molar-refractivity contribution in [2.24, 2.45) is 0 Å². The van der Waals surface area contributed by atoms with E-state index in [0.29, 0.717) is 18.5 Å². The highest BCUT2D eigenvalue weighted by molar-refractivity contribution is 5.95. The minimum Gasteiger partial charge on any atom is -0.495 e. The minimum atomic E-state index is -0.137. The number of allylic oxidation sites excluding steroid dienone is 3. The Kier molecular flexibility index (Phi) is 20.6. The molecule has 1 aromatic carbocycles. The molecule has 0 aliphatic heterocycles. The van der Waals surface area contributed by atoms with Gasteiger partial charge in [0, 0.05) is 31.8 Å². The first-order valence-corrected chi connectivity index (χ1v) is 12.0. The molecule has 0 spiro atoms. The average Bonchev–Trinajstić information content (AvgIpc) is 2.81. The van der Waals surface area contributed by atoms with Crippen LogP contribution in [0.4, 0.5) is 5.69 Å². The van der Waals surface area contributed by atoms with Crippen LogP contribution >= 0.6 is 0 Å². The number of hydrogen-bond acceptors (Lipinski definition) is 4. The Morgan fingerprint density at radius 3 is 2.31 bits per heavy atom. The average molecular weight is 449 g/mol. The molecule has 0 unspecified atom stereocenters. The van der Waals surface area contributed by atoms with E-state index in [1.165, 1.54) is 11.1 Å². The number of rotatable bonds is 12. The molecule has 0 saturated carbocycles. The number of hydrogen-bond donors (Lipinski definition) is 2. The molecule has 5 nitrogen and oxygen atoms in total. The summed E-state index contributed by atoms with van der Waals surface area (Å²) in [6.45, 7) is 18.6. The maximum absolute atomic E-state index is 12.4. The topological polar surface area (TPSA) is 61.8 Å². The fourth-order valence-electron chi connectivity index (χ4n) is 2.82. The van der Waals surface area contributed by atoms with Crippen LogP contribution in [-0.4, -0.2) is 44.4 Å². The van der Waals surface area contributed by atoms with Crippen LogP contribution < -0.4 is 15.0 Å². The van der Waals surface area contributed by atoms with Crippen LogP contribution in [0, 0.1) is 0 Å². The lowest BCUT2D eigenvalue weighted by atomic mass is 10.1. The monoisotopic (exact) mass is 448 g/mol. The summed E-state index contributed by atoms with van der Waals surface area (Å²) in [5.41, 5.74) is 4.21. The van der Waals surface area contributed by atoms with E-state index in [0.717, 1.165) is 37.4 Å². The summed E-state index contributed by atoms with van der Waals surface area (Å²) >= 11 is 0. The molecule has 0 heterocycles. The van der Waals surface area contributed by atoms with Crippen LogP contribution in [-0.2, 0) is 0 Å². The SMILES string of the molecule is CC.CC.CCN(C/C=C(\C)CCC=C(C)C)c1cc(C(=O)NCCCO)ccc1OC. The van der Waals surface area contributed by atoms with Gasteiger partial charge in [-0.15, -0.1) is 0 Å². The molecule has 2 N–H and O–H groups in total. The molecular weight excluding hydrogens is 400 g/mol. The molecule has 0 aromatic heterocycles. The Balaban J connectivity index is 0. The number of aliphatic hydroxyl groups excluding tert-OH is 1. The summed E-state index contributed by atoms with van der Waals surface area (Å²) in [6.07, 6.45) is 7.16. The standard InChI is InChI=1S/C23H36N2O3.2C2H6/c1-6-25(15-13-19(4)10-7-9-18(2)3)21-17-20(11-12-22(21)28-5)23(27)24-14-8-16-26;2*1-2/h9,11-13,17,26H,6-8,10,14-16H2,1-5H3,(H,24,27);2*1-2H3/b19-13+;;. The van der Waals surface area contributed by atoms with Crippen LogP contribution in [0.1, 0.15) is 85.0 Å². The highest BCUT2D eigenvalue weighted by Crippen LogP contribution is 2.29. The second kappa shape index (κ2) is 20.6. The van der Waals surface area contributed by atoms with Gasteiger partial charge in [-0.3, -0.25) is 4.79 Å². The third kappa shape index (κ3) is 13.2. The molecule has 5 heteroatoms. The highest BCUT2D eigenvalue weighted by atomic mass is 16.5. The fraction of sp³-hybridized carbons (Fsp3) is 0.593. The summed E-state index contributed by atoms with van der Waals surface area (Å²) in [5.74, 6) is 0.617. The van der Waals surface area contributed by atoms with Gasteiger partial charge in [0.05, 0.1) is 12.8 Å². The van der Waals surface area contributed by atoms with Crippen LogP contribution in [0.15, 0.2) is 41.5 Å². The van der Waals surface area contributed by atoms with E-state index in [1.54, 1.807) is 13.2 Å². The Hall–Kier alpha value is -2.27. The number of benzene rings is 1. The van der Waals surface area contributed by atoms with E-state index in [-0.39, 0.29) is 12.5 Å². The predicted octanol–water partition coefficient (Wildman–Crippen LogP) is 6.38. The van der Waals surface area contributed by atoms with Crippen LogP contribution in [0.2, 0.25) is 0 Å². The molecule has 32 heavy (non-hydrogen) atoms. The van der Waals surface area contributed by atoms with Crippen molar-refractivity contribution in [3.05, 3.63) is 47.1 Å². The lowest BCUT2D eigenvalue weighted by Crippen LogP contribution is -2.27. The molecule has 0 aliphatic carbocycles. The number of carbonyl (C=O) groups excluding carboxylic acids is 1. The van der Waals surface area contributed by atoms with Crippen LogP contribution in [0.25, 0.3) is 0 Å². The number of likely N-dealkylation sites (N-methyl/N-ethyl adjacent to an activating group) is 1. The van der Waals surface area contributed by atoms with Crippen molar-refractivity contribution in [1.82, 2.24) is 5.32 Å². The second-order valence-corrected chi connectivity index (χ2v) is 7.13. The molecule has 1 amide bonds. The molecule has 1 rings (SSSR count). The van der Waals surface area contributed by atoms with Crippen LogP contribution in [0.3, 0.4) is 0 Å². The zero-order chi connectivity index (χ0) is 24.9. The van der Waals surface area contributed by atoms with Gasteiger partial charge in [0.2, 0.25) is 0 Å². The molecule has 184 valence electrons. The fourth-order valence-corrected chi connectivity index (χ4v) is 2.82. The Morgan fingerprint density at radius 2 is 1.78 bits per heavy atom. The van der Waals surface area contributed by atoms with Gasteiger partial charge in [-0.1, -0.05) is 51.0 Å². The lowest BCUT2D eigenvalue weighted by Gasteiger charge is -2.24. The van der Waals surface area contributed by atoms with Crippen molar-refractivity contribution < 1.29 is 14.6 Å². The maximum atomic E-state index is 12.4. The molecule has 0 radical (unpaired) electrons. The quantitative estimate of drug-likeness (QED) is 0.288. The number of ether oxygens (including phenoxy) is 1. The van der Waals surface area contributed by atoms with E-state index in [9.17, 15) is 4.79 Å². The smallest absolute Gasteiger partial charge is 0.251 e. The number of nitrogens with one attached hydrogen (secondary N) is 1. The van der Waals surface area contributed by atoms with Crippen molar-refractivity contribution in [2.75, 3.05) is 38.3 Å². The van der Waals surface area contributed by atoms with Gasteiger partial charge < -0.3 is 20.1 Å². The number of nitrogens with zero attached hydrogens (tertiary/aromatic N) is 1. The van der Waals surface area contributed by atoms with E-state index in [1.807, 2.05) is 39.8 Å². The van der Waals surface area contributed by atoms with E-state index < -0.39 is 0 Å². The van der Waals surface area contributed by atoms with Crippen LogP contribution in [0.5, 0.6) is 5.75 Å². The predicted molar refractivity (Wildman–Crippen MR) is 140 cm³/mol. The number of aliphatic hydroxyl groups is 1. The van der Waals surface area contributed by atoms with E-state index in [2.05, 4.69) is 50.1 Å². The molecule has 0 aliphatic rings. The molecule has 0 fully saturated rings. The number of methoxy groups -OCH3 is 1. The zero-order valence-electron chi connectivity index (χ0n) is 22.0. The summed E-state index contributed by atoms with van der Waals surface area (Å²) in [4.78, 5) is 14.6. The van der Waals surface area contributed by atoms with Gasteiger partial charge in [0.25, 0.3) is 5.91 Å². The summed E-state index contributed by atoms with van der Waals surface area (Å²) in [6, 6.07) is 5.48. The van der Waals surface area contributed by atoms with Gasteiger partial charge in [0.15, 0.2) is 0 Å². The van der Waals surface area contributed by atoms with Crippen molar-refractivity contribution in [3.8, 4) is 5.75 Å². The molecule has 0 atom stereocenters. The first-order valence-electron chi connectivity index (χ1n) is 12.0. The zero-order valence-corrected chi connectivity index (χ0v) is 22.0. The van der Waals surface area contributed by atoms with E-state index in [4.69, 9.17) is 9.84 Å². The maximum Gasteiger partial charge on any atom is 0.251 e. The highest BCUT2D eigenvalue weighted by Gasteiger charge is 2.14. The van der Waals surface area contributed by atoms with E-state index >= 15 is 0 Å².